The Kier molecular flexibility index (Phi) is 7.50. The maximum Gasteiger partial charge on any atom is 0.209 e. The van der Waals surface area contributed by atoms with Gasteiger partial charge in [0.2, 0.25) is 10.0 Å². The van der Waals surface area contributed by atoms with E-state index in [2.05, 4.69) is 20.3 Å². The fraction of sp³-hybridized carbons (Fsp3) is 0.562. The fourth-order valence-electron chi connectivity index (χ4n) is 2.18. The maximum atomic E-state index is 11.4. The molecule has 1 aromatic rings. The van der Waals surface area contributed by atoms with Crippen LogP contribution in [-0.2, 0) is 16.6 Å². The van der Waals surface area contributed by atoms with Crippen LogP contribution in [-0.4, -0.2) is 46.4 Å². The molecular weight excluding hydrogens is 328 g/mol. The summed E-state index contributed by atoms with van der Waals surface area (Å²) in [7, 11) is -1.64. The van der Waals surface area contributed by atoms with Crippen molar-refractivity contribution in [3.8, 4) is 5.75 Å². The summed E-state index contributed by atoms with van der Waals surface area (Å²) >= 11 is 0. The summed E-state index contributed by atoms with van der Waals surface area (Å²) in [5.41, 5.74) is 0.347. The SMILES string of the molecule is CCNC(=NCc1ccccc1OC)NCC(C)(C)NS(C)(=O)=O. The van der Waals surface area contributed by atoms with E-state index in [0.717, 1.165) is 17.6 Å². The zero-order valence-corrected chi connectivity index (χ0v) is 15.8. The van der Waals surface area contributed by atoms with Gasteiger partial charge in [-0.05, 0) is 26.8 Å². The molecular formula is C16H28N4O3S. The highest BCUT2D eigenvalue weighted by molar-refractivity contribution is 7.88. The molecule has 0 saturated heterocycles. The van der Waals surface area contributed by atoms with Crippen LogP contribution in [0.25, 0.3) is 0 Å². The normalized spacial score (nSPS) is 12.8. The molecule has 0 atom stereocenters. The number of hydrogen-bond donors (Lipinski definition) is 3. The molecule has 136 valence electrons. The van der Waals surface area contributed by atoms with Gasteiger partial charge in [0.25, 0.3) is 0 Å². The van der Waals surface area contributed by atoms with E-state index >= 15 is 0 Å². The molecule has 0 spiro atoms. The molecule has 0 aliphatic carbocycles. The first-order chi connectivity index (χ1) is 11.2. The van der Waals surface area contributed by atoms with Crippen LogP contribution in [0.2, 0.25) is 0 Å². The van der Waals surface area contributed by atoms with Gasteiger partial charge in [0.1, 0.15) is 5.75 Å². The van der Waals surface area contributed by atoms with Gasteiger partial charge in [-0.2, -0.15) is 0 Å². The number of aliphatic imine (C=N–C) groups is 1. The minimum Gasteiger partial charge on any atom is -0.496 e. The van der Waals surface area contributed by atoms with Crippen LogP contribution in [0.3, 0.4) is 0 Å². The first kappa shape index (κ1) is 20.2. The third-order valence-corrected chi connectivity index (χ3v) is 4.03. The summed E-state index contributed by atoms with van der Waals surface area (Å²) in [6, 6.07) is 7.70. The topological polar surface area (TPSA) is 91.8 Å². The third kappa shape index (κ3) is 7.65. The van der Waals surface area contributed by atoms with Crippen molar-refractivity contribution in [1.82, 2.24) is 15.4 Å². The Morgan fingerprint density at radius 2 is 1.92 bits per heavy atom. The molecule has 3 N–H and O–H groups in total. The first-order valence-corrected chi connectivity index (χ1v) is 9.69. The largest absolute Gasteiger partial charge is 0.496 e. The van der Waals surface area contributed by atoms with Gasteiger partial charge in [0, 0.05) is 24.2 Å². The Hall–Kier alpha value is -1.80. The average Bonchev–Trinajstić information content (AvgIpc) is 2.48. The van der Waals surface area contributed by atoms with Gasteiger partial charge in [-0.1, -0.05) is 18.2 Å². The second kappa shape index (κ2) is 8.89. The Morgan fingerprint density at radius 3 is 2.50 bits per heavy atom. The molecule has 0 aliphatic rings. The molecule has 24 heavy (non-hydrogen) atoms. The molecule has 0 radical (unpaired) electrons. The van der Waals surface area contributed by atoms with E-state index in [-0.39, 0.29) is 0 Å². The second-order valence-corrected chi connectivity index (χ2v) is 7.87. The van der Waals surface area contributed by atoms with Gasteiger partial charge in [0.15, 0.2) is 5.96 Å². The average molecular weight is 356 g/mol. The lowest BCUT2D eigenvalue weighted by atomic mass is 10.1. The number of sulfonamides is 1. The number of para-hydroxylation sites is 1. The molecule has 0 heterocycles. The van der Waals surface area contributed by atoms with Crippen molar-refractivity contribution in [3.63, 3.8) is 0 Å². The van der Waals surface area contributed by atoms with Crippen LogP contribution in [0.4, 0.5) is 0 Å². The highest BCUT2D eigenvalue weighted by Crippen LogP contribution is 2.17. The number of benzene rings is 1. The van der Waals surface area contributed by atoms with Crippen LogP contribution in [0.5, 0.6) is 5.75 Å². The summed E-state index contributed by atoms with van der Waals surface area (Å²) in [5.74, 6) is 1.41. The monoisotopic (exact) mass is 356 g/mol. The molecule has 0 bridgehead atoms. The summed E-state index contributed by atoms with van der Waals surface area (Å²) in [4.78, 5) is 4.53. The van der Waals surface area contributed by atoms with Crippen molar-refractivity contribution in [2.24, 2.45) is 4.99 Å². The number of guanidine groups is 1. The van der Waals surface area contributed by atoms with E-state index in [9.17, 15) is 8.42 Å². The summed E-state index contributed by atoms with van der Waals surface area (Å²) in [6.45, 7) is 7.16. The molecule has 0 aliphatic heterocycles. The van der Waals surface area contributed by atoms with Gasteiger partial charge in [-0.15, -0.1) is 0 Å². The van der Waals surface area contributed by atoms with Crippen LogP contribution >= 0.6 is 0 Å². The van der Waals surface area contributed by atoms with Crippen LogP contribution in [0.1, 0.15) is 26.3 Å². The van der Waals surface area contributed by atoms with E-state index in [0.29, 0.717) is 25.6 Å². The lowest BCUT2D eigenvalue weighted by Gasteiger charge is -2.26. The van der Waals surface area contributed by atoms with Crippen molar-refractivity contribution in [2.45, 2.75) is 32.9 Å². The molecule has 0 saturated carbocycles. The predicted octanol–water partition coefficient (Wildman–Crippen LogP) is 1.08. The van der Waals surface area contributed by atoms with Crippen LogP contribution < -0.4 is 20.1 Å². The molecule has 7 nitrogen and oxygen atoms in total. The van der Waals surface area contributed by atoms with E-state index in [1.807, 2.05) is 45.0 Å². The van der Waals surface area contributed by atoms with E-state index in [1.165, 1.54) is 0 Å². The quantitative estimate of drug-likeness (QED) is 0.479. The van der Waals surface area contributed by atoms with Crippen molar-refractivity contribution in [3.05, 3.63) is 29.8 Å². The second-order valence-electron chi connectivity index (χ2n) is 6.12. The fourth-order valence-corrected chi connectivity index (χ4v) is 3.26. The van der Waals surface area contributed by atoms with Crippen LogP contribution in [0, 0.1) is 0 Å². The van der Waals surface area contributed by atoms with Gasteiger partial charge in [-0.3, -0.25) is 0 Å². The summed E-state index contributed by atoms with van der Waals surface area (Å²) < 4.78 is 30.7. The molecule has 0 amide bonds. The smallest absolute Gasteiger partial charge is 0.209 e. The number of rotatable bonds is 8. The Balaban J connectivity index is 2.76. The molecule has 1 rings (SSSR count). The highest BCUT2D eigenvalue weighted by Gasteiger charge is 2.22. The van der Waals surface area contributed by atoms with E-state index < -0.39 is 15.6 Å². The minimum atomic E-state index is -3.27. The maximum absolute atomic E-state index is 11.4. The van der Waals surface area contributed by atoms with Gasteiger partial charge in [0.05, 0.1) is 19.9 Å². The standard InChI is InChI=1S/C16H28N4O3S/c1-6-17-15(19-12-16(2,3)20-24(5,21)22)18-11-13-9-7-8-10-14(13)23-4/h7-10,20H,6,11-12H2,1-5H3,(H2,17,18,19). The Labute approximate surface area is 145 Å². The molecule has 8 heteroatoms. The first-order valence-electron chi connectivity index (χ1n) is 7.80. The van der Waals surface area contributed by atoms with E-state index in [4.69, 9.17) is 4.74 Å². The number of nitrogens with one attached hydrogen (secondary N) is 3. The predicted molar refractivity (Wildman–Crippen MR) is 97.9 cm³/mol. The number of methoxy groups -OCH3 is 1. The van der Waals surface area contributed by atoms with Crippen molar-refractivity contribution in [2.75, 3.05) is 26.5 Å². The number of ether oxygens (including phenoxy) is 1. The Bertz CT molecular complexity index is 657. The zero-order chi connectivity index (χ0) is 18.2. The Morgan fingerprint density at radius 1 is 1.25 bits per heavy atom. The lowest BCUT2D eigenvalue weighted by Crippen LogP contribution is -2.53. The molecule has 0 aromatic heterocycles. The molecule has 0 fully saturated rings. The highest BCUT2D eigenvalue weighted by atomic mass is 32.2. The summed E-state index contributed by atoms with van der Waals surface area (Å²) in [6.07, 6.45) is 1.15. The van der Waals surface area contributed by atoms with Gasteiger partial charge < -0.3 is 15.4 Å². The van der Waals surface area contributed by atoms with Crippen LogP contribution in [0.15, 0.2) is 29.3 Å². The molecule has 1 aromatic carbocycles. The lowest BCUT2D eigenvalue weighted by molar-refractivity contribution is 0.410. The van der Waals surface area contributed by atoms with Crippen molar-refractivity contribution < 1.29 is 13.2 Å². The summed E-state index contributed by atoms with van der Waals surface area (Å²) in [5, 5.41) is 6.31. The van der Waals surface area contributed by atoms with Gasteiger partial charge in [-0.25, -0.2) is 18.1 Å². The minimum absolute atomic E-state index is 0.401. The zero-order valence-electron chi connectivity index (χ0n) is 15.0. The van der Waals surface area contributed by atoms with Crippen molar-refractivity contribution in [1.29, 1.82) is 0 Å². The number of nitrogens with zero attached hydrogens (tertiary/aromatic N) is 1. The molecule has 0 unspecified atom stereocenters. The van der Waals surface area contributed by atoms with Gasteiger partial charge >= 0.3 is 0 Å². The van der Waals surface area contributed by atoms with E-state index in [1.54, 1.807) is 7.11 Å². The van der Waals surface area contributed by atoms with Crippen molar-refractivity contribution >= 4 is 16.0 Å². The third-order valence-electron chi connectivity index (χ3n) is 3.10. The number of hydrogen-bond acceptors (Lipinski definition) is 4.